The summed E-state index contributed by atoms with van der Waals surface area (Å²) in [5, 5.41) is 0. The first-order valence-corrected chi connectivity index (χ1v) is 6.51. The van der Waals surface area contributed by atoms with Crippen molar-refractivity contribution >= 4 is 0 Å². The fourth-order valence-corrected chi connectivity index (χ4v) is 2.16. The van der Waals surface area contributed by atoms with E-state index in [1.807, 2.05) is 6.92 Å². The molecule has 1 atom stereocenters. The van der Waals surface area contributed by atoms with Crippen molar-refractivity contribution in [2.45, 2.75) is 26.0 Å². The van der Waals surface area contributed by atoms with Gasteiger partial charge in [-0.25, -0.2) is 4.39 Å². The van der Waals surface area contributed by atoms with E-state index in [1.54, 1.807) is 18.2 Å². The number of aryl methyl sites for hydroxylation is 1. The summed E-state index contributed by atoms with van der Waals surface area (Å²) in [4.78, 5) is 0. The van der Waals surface area contributed by atoms with E-state index in [2.05, 4.69) is 4.74 Å². The lowest BCUT2D eigenvalue weighted by Crippen LogP contribution is -2.14. The van der Waals surface area contributed by atoms with Crippen LogP contribution in [-0.2, 0) is 6.42 Å². The van der Waals surface area contributed by atoms with E-state index in [0.29, 0.717) is 12.0 Å². The largest absolute Gasteiger partial charge is 0.435 e. The third-order valence-corrected chi connectivity index (χ3v) is 3.26. The Kier molecular flexibility index (Phi) is 4.85. The Balaban J connectivity index is 2.14. The van der Waals surface area contributed by atoms with Crippen LogP contribution < -0.4 is 10.5 Å². The number of nitrogens with two attached hydrogens (primary N) is 1. The smallest absolute Gasteiger partial charge is 0.387 e. The van der Waals surface area contributed by atoms with Gasteiger partial charge >= 0.3 is 6.61 Å². The molecule has 5 heteroatoms. The Morgan fingerprint density at radius 3 is 2.57 bits per heavy atom. The number of ether oxygens (including phenoxy) is 1. The van der Waals surface area contributed by atoms with Crippen LogP contribution in [0.1, 0.15) is 22.7 Å². The number of benzene rings is 2. The molecule has 0 saturated carbocycles. The van der Waals surface area contributed by atoms with Crippen molar-refractivity contribution in [3.8, 4) is 5.75 Å². The van der Waals surface area contributed by atoms with E-state index in [-0.39, 0.29) is 17.6 Å². The second-order valence-electron chi connectivity index (χ2n) is 4.83. The molecular weight excluding hydrogens is 279 g/mol. The molecule has 0 aliphatic heterocycles. The number of alkyl halides is 2. The lowest BCUT2D eigenvalue weighted by Gasteiger charge is -2.15. The highest BCUT2D eigenvalue weighted by Crippen LogP contribution is 2.23. The Morgan fingerprint density at radius 1 is 1.14 bits per heavy atom. The van der Waals surface area contributed by atoms with Crippen LogP contribution in [0.4, 0.5) is 13.2 Å². The molecule has 2 rings (SSSR count). The van der Waals surface area contributed by atoms with E-state index in [1.165, 1.54) is 24.3 Å². The zero-order valence-electron chi connectivity index (χ0n) is 11.5. The van der Waals surface area contributed by atoms with Gasteiger partial charge in [-0.3, -0.25) is 0 Å². The maximum Gasteiger partial charge on any atom is 0.387 e. The second kappa shape index (κ2) is 6.63. The van der Waals surface area contributed by atoms with Crippen LogP contribution in [0, 0.1) is 12.7 Å². The fraction of sp³-hybridized carbons (Fsp3) is 0.250. The molecule has 0 aromatic heterocycles. The summed E-state index contributed by atoms with van der Waals surface area (Å²) in [5.74, 6) is -0.217. The van der Waals surface area contributed by atoms with Crippen molar-refractivity contribution in [2.24, 2.45) is 5.73 Å². The molecule has 0 fully saturated rings. The minimum atomic E-state index is -2.86. The van der Waals surface area contributed by atoms with Gasteiger partial charge in [-0.05, 0) is 54.3 Å². The van der Waals surface area contributed by atoms with Gasteiger partial charge in [0.15, 0.2) is 0 Å². The summed E-state index contributed by atoms with van der Waals surface area (Å²) < 4.78 is 41.8. The maximum absolute atomic E-state index is 13.1. The summed E-state index contributed by atoms with van der Waals surface area (Å²) in [7, 11) is 0. The van der Waals surface area contributed by atoms with Crippen LogP contribution in [-0.4, -0.2) is 6.61 Å². The Morgan fingerprint density at radius 2 is 1.90 bits per heavy atom. The van der Waals surface area contributed by atoms with Gasteiger partial charge in [0.2, 0.25) is 0 Å². The topological polar surface area (TPSA) is 35.2 Å². The Hall–Kier alpha value is -2.01. The van der Waals surface area contributed by atoms with Gasteiger partial charge in [0.1, 0.15) is 11.6 Å². The molecule has 0 saturated heterocycles. The molecule has 0 radical (unpaired) electrons. The minimum Gasteiger partial charge on any atom is -0.435 e. The molecule has 0 heterocycles. The van der Waals surface area contributed by atoms with Crippen LogP contribution in [0.3, 0.4) is 0 Å². The normalized spacial score (nSPS) is 12.5. The molecule has 2 N–H and O–H groups in total. The summed E-state index contributed by atoms with van der Waals surface area (Å²) in [6, 6.07) is 10.4. The molecule has 0 amide bonds. The summed E-state index contributed by atoms with van der Waals surface area (Å²) in [5.41, 5.74) is 8.52. The van der Waals surface area contributed by atoms with Gasteiger partial charge in [-0.1, -0.05) is 18.2 Å². The van der Waals surface area contributed by atoms with Gasteiger partial charge < -0.3 is 10.5 Å². The SMILES string of the molecule is Cc1cc(F)ccc1CC(N)c1cccc(OC(F)F)c1. The molecule has 1 unspecified atom stereocenters. The molecule has 0 aliphatic carbocycles. The number of halogens is 3. The third-order valence-electron chi connectivity index (χ3n) is 3.26. The molecule has 2 aromatic carbocycles. The summed E-state index contributed by atoms with van der Waals surface area (Å²) >= 11 is 0. The average molecular weight is 295 g/mol. The number of hydrogen-bond donors (Lipinski definition) is 1. The summed E-state index contributed by atoms with van der Waals surface area (Å²) in [6.45, 7) is -1.06. The Bertz CT molecular complexity index is 616. The highest BCUT2D eigenvalue weighted by Gasteiger charge is 2.11. The lowest BCUT2D eigenvalue weighted by molar-refractivity contribution is -0.0499. The van der Waals surface area contributed by atoms with E-state index in [0.717, 1.165) is 11.1 Å². The second-order valence-corrected chi connectivity index (χ2v) is 4.83. The zero-order valence-corrected chi connectivity index (χ0v) is 11.5. The molecule has 21 heavy (non-hydrogen) atoms. The third kappa shape index (κ3) is 4.23. The number of hydrogen-bond acceptors (Lipinski definition) is 2. The molecular formula is C16H16F3NO. The molecule has 0 spiro atoms. The first-order valence-electron chi connectivity index (χ1n) is 6.51. The quantitative estimate of drug-likeness (QED) is 0.905. The van der Waals surface area contributed by atoms with Crippen molar-refractivity contribution < 1.29 is 17.9 Å². The van der Waals surface area contributed by atoms with E-state index >= 15 is 0 Å². The molecule has 0 aliphatic rings. The van der Waals surface area contributed by atoms with Gasteiger partial charge in [-0.2, -0.15) is 8.78 Å². The predicted molar refractivity (Wildman–Crippen MR) is 74.8 cm³/mol. The van der Waals surface area contributed by atoms with E-state index < -0.39 is 6.61 Å². The monoisotopic (exact) mass is 295 g/mol. The number of rotatable bonds is 5. The highest BCUT2D eigenvalue weighted by molar-refractivity contribution is 5.33. The molecule has 2 nitrogen and oxygen atoms in total. The van der Waals surface area contributed by atoms with Crippen molar-refractivity contribution in [3.05, 3.63) is 65.0 Å². The molecule has 112 valence electrons. The minimum absolute atomic E-state index is 0.0776. The van der Waals surface area contributed by atoms with Gasteiger partial charge in [0, 0.05) is 6.04 Å². The zero-order chi connectivity index (χ0) is 15.4. The van der Waals surface area contributed by atoms with Crippen molar-refractivity contribution in [2.75, 3.05) is 0 Å². The first-order chi connectivity index (χ1) is 9.95. The van der Waals surface area contributed by atoms with Crippen LogP contribution >= 0.6 is 0 Å². The first kappa shape index (κ1) is 15.4. The van der Waals surface area contributed by atoms with Crippen LogP contribution in [0.15, 0.2) is 42.5 Å². The van der Waals surface area contributed by atoms with Crippen molar-refractivity contribution in [3.63, 3.8) is 0 Å². The van der Waals surface area contributed by atoms with Gasteiger partial charge in [-0.15, -0.1) is 0 Å². The Labute approximate surface area is 121 Å². The predicted octanol–water partition coefficient (Wildman–Crippen LogP) is 3.98. The fourth-order valence-electron chi connectivity index (χ4n) is 2.16. The maximum atomic E-state index is 13.1. The van der Waals surface area contributed by atoms with Crippen LogP contribution in [0.5, 0.6) is 5.75 Å². The van der Waals surface area contributed by atoms with Crippen molar-refractivity contribution in [1.82, 2.24) is 0 Å². The molecule has 0 bridgehead atoms. The van der Waals surface area contributed by atoms with Gasteiger partial charge in [0.05, 0.1) is 0 Å². The molecule has 2 aromatic rings. The van der Waals surface area contributed by atoms with E-state index in [9.17, 15) is 13.2 Å². The van der Waals surface area contributed by atoms with Crippen molar-refractivity contribution in [1.29, 1.82) is 0 Å². The van der Waals surface area contributed by atoms with Gasteiger partial charge in [0.25, 0.3) is 0 Å². The average Bonchev–Trinajstić information content (AvgIpc) is 2.41. The van der Waals surface area contributed by atoms with Crippen LogP contribution in [0.25, 0.3) is 0 Å². The van der Waals surface area contributed by atoms with Crippen LogP contribution in [0.2, 0.25) is 0 Å². The van der Waals surface area contributed by atoms with E-state index in [4.69, 9.17) is 5.73 Å². The summed E-state index contributed by atoms with van der Waals surface area (Å²) in [6.07, 6.45) is 0.490. The standard InChI is InChI=1S/C16H16F3NO/c1-10-7-13(17)6-5-11(10)9-15(20)12-3-2-4-14(8-12)21-16(18)19/h2-8,15-16H,9,20H2,1H3. The lowest BCUT2D eigenvalue weighted by atomic mass is 9.96. The highest BCUT2D eigenvalue weighted by atomic mass is 19.3.